The second-order valence-electron chi connectivity index (χ2n) is 6.97. The van der Waals surface area contributed by atoms with Gasteiger partial charge in [-0.3, -0.25) is 4.79 Å². The lowest BCUT2D eigenvalue weighted by Crippen LogP contribution is -2.17. The largest absolute Gasteiger partial charge is 0.336 e. The van der Waals surface area contributed by atoms with Crippen LogP contribution in [0.1, 0.15) is 13.8 Å². The number of carbonyl (C=O) groups is 1. The van der Waals surface area contributed by atoms with Gasteiger partial charge in [0.2, 0.25) is 11.9 Å². The molecule has 0 bridgehead atoms. The van der Waals surface area contributed by atoms with Crippen molar-refractivity contribution in [3.05, 3.63) is 52.8 Å². The van der Waals surface area contributed by atoms with Crippen molar-refractivity contribution in [1.82, 2.24) is 15.0 Å². The average molecular weight is 530 g/mol. The zero-order chi connectivity index (χ0) is 24.2. The van der Waals surface area contributed by atoms with Gasteiger partial charge in [0.25, 0.3) is 0 Å². The van der Waals surface area contributed by atoms with Crippen molar-refractivity contribution in [2.24, 2.45) is 0 Å². The summed E-state index contributed by atoms with van der Waals surface area (Å²) in [5.74, 6) is -0.217. The first-order valence-electron chi connectivity index (χ1n) is 9.52. The van der Waals surface area contributed by atoms with Gasteiger partial charge in [0.05, 0.1) is 27.8 Å². The molecule has 3 rings (SSSR count). The zero-order valence-electron chi connectivity index (χ0n) is 17.4. The minimum atomic E-state index is -3.65. The van der Waals surface area contributed by atoms with Crippen molar-refractivity contribution in [1.29, 1.82) is 0 Å². The van der Waals surface area contributed by atoms with Crippen LogP contribution in [0, 0.1) is 0 Å². The zero-order valence-corrected chi connectivity index (χ0v) is 20.5. The molecule has 2 aromatic heterocycles. The van der Waals surface area contributed by atoms with Crippen LogP contribution in [-0.4, -0.2) is 40.4 Å². The van der Waals surface area contributed by atoms with Crippen LogP contribution >= 0.6 is 34.8 Å². The highest BCUT2D eigenvalue weighted by Crippen LogP contribution is 2.31. The van der Waals surface area contributed by atoms with E-state index in [1.54, 1.807) is 44.2 Å². The summed E-state index contributed by atoms with van der Waals surface area (Å²) in [4.78, 5) is 23.9. The quantitative estimate of drug-likeness (QED) is 0.347. The Morgan fingerprint density at radius 2 is 1.82 bits per heavy atom. The van der Waals surface area contributed by atoms with E-state index < -0.39 is 15.1 Å². The van der Waals surface area contributed by atoms with E-state index in [9.17, 15) is 13.2 Å². The van der Waals surface area contributed by atoms with Gasteiger partial charge in [-0.15, -0.1) is 11.6 Å². The highest BCUT2D eigenvalue weighted by atomic mass is 35.5. The number of carbonyl (C=O) groups excluding carboxylic acids is 1. The number of nitrogens with one attached hydrogen (secondary N) is 3. The molecule has 1 aromatic carbocycles. The first-order chi connectivity index (χ1) is 15.6. The lowest BCUT2D eigenvalue weighted by atomic mass is 10.2. The van der Waals surface area contributed by atoms with Crippen LogP contribution < -0.4 is 16.0 Å². The second kappa shape index (κ2) is 10.5. The highest BCUT2D eigenvalue weighted by Gasteiger charge is 2.25. The molecule has 9 nitrogen and oxygen atoms in total. The van der Waals surface area contributed by atoms with Crippen LogP contribution in [-0.2, 0) is 14.6 Å². The van der Waals surface area contributed by atoms with E-state index in [0.29, 0.717) is 16.4 Å². The molecule has 0 aliphatic carbocycles. The molecule has 1 amide bonds. The molecule has 0 saturated heterocycles. The van der Waals surface area contributed by atoms with Crippen molar-refractivity contribution >= 4 is 79.4 Å². The monoisotopic (exact) mass is 528 g/mol. The van der Waals surface area contributed by atoms with Crippen molar-refractivity contribution < 1.29 is 13.2 Å². The normalized spacial score (nSPS) is 11.3. The SMILES string of the molecule is CC(C)S(=O)(=O)c1ncccc1Nc1nc(Nc2ccc(NC(=O)CCl)cc2Cl)ncc1Cl. The summed E-state index contributed by atoms with van der Waals surface area (Å²) in [7, 11) is -3.65. The van der Waals surface area contributed by atoms with Crippen LogP contribution in [0.25, 0.3) is 0 Å². The third kappa shape index (κ3) is 6.02. The molecule has 3 aromatic rings. The van der Waals surface area contributed by atoms with E-state index in [1.165, 1.54) is 12.4 Å². The number of rotatable bonds is 8. The van der Waals surface area contributed by atoms with Gasteiger partial charge in [0.15, 0.2) is 20.7 Å². The fraction of sp³-hybridized carbons (Fsp3) is 0.200. The van der Waals surface area contributed by atoms with Gasteiger partial charge < -0.3 is 16.0 Å². The molecule has 0 spiro atoms. The molecular weight excluding hydrogens is 511 g/mol. The number of benzene rings is 1. The average Bonchev–Trinajstić information content (AvgIpc) is 2.78. The minimum absolute atomic E-state index is 0.109. The number of aromatic nitrogens is 3. The van der Waals surface area contributed by atoms with Gasteiger partial charge in [-0.2, -0.15) is 4.98 Å². The third-order valence-corrected chi connectivity index (χ3v) is 7.22. The van der Waals surface area contributed by atoms with Crippen LogP contribution in [0.2, 0.25) is 10.0 Å². The van der Waals surface area contributed by atoms with Gasteiger partial charge in [-0.05, 0) is 44.2 Å². The topological polar surface area (TPSA) is 126 Å². The maximum atomic E-state index is 12.7. The molecule has 0 saturated carbocycles. The molecule has 0 aliphatic heterocycles. The Bertz CT molecular complexity index is 1290. The maximum Gasteiger partial charge on any atom is 0.239 e. The number of nitrogens with zero attached hydrogens (tertiary/aromatic N) is 3. The number of hydrogen-bond acceptors (Lipinski definition) is 8. The van der Waals surface area contributed by atoms with Gasteiger partial charge in [0.1, 0.15) is 10.9 Å². The van der Waals surface area contributed by atoms with Gasteiger partial charge in [0, 0.05) is 11.9 Å². The number of pyridine rings is 1. The van der Waals surface area contributed by atoms with Gasteiger partial charge in [-0.1, -0.05) is 23.2 Å². The summed E-state index contributed by atoms with van der Waals surface area (Å²) in [6, 6.07) is 7.97. The molecule has 3 N–H and O–H groups in total. The summed E-state index contributed by atoms with van der Waals surface area (Å²) in [6.07, 6.45) is 2.76. The molecule has 0 fully saturated rings. The molecule has 0 atom stereocenters. The van der Waals surface area contributed by atoms with Gasteiger partial charge >= 0.3 is 0 Å². The first kappa shape index (κ1) is 25.0. The van der Waals surface area contributed by atoms with Crippen molar-refractivity contribution in [3.8, 4) is 0 Å². The summed E-state index contributed by atoms with van der Waals surface area (Å²) in [6.45, 7) is 3.15. The van der Waals surface area contributed by atoms with Crippen molar-refractivity contribution in [2.45, 2.75) is 24.1 Å². The molecule has 2 heterocycles. The van der Waals surface area contributed by atoms with Crippen molar-refractivity contribution in [2.75, 3.05) is 21.8 Å². The van der Waals surface area contributed by atoms with Crippen molar-refractivity contribution in [3.63, 3.8) is 0 Å². The summed E-state index contributed by atoms with van der Waals surface area (Å²) in [5.41, 5.74) is 1.18. The third-order valence-electron chi connectivity index (χ3n) is 4.28. The molecule has 33 heavy (non-hydrogen) atoms. The van der Waals surface area contributed by atoms with E-state index in [4.69, 9.17) is 34.8 Å². The number of alkyl halides is 1. The lowest BCUT2D eigenvalue weighted by Gasteiger charge is -2.14. The molecular formula is C20H19Cl3N6O3S. The maximum absolute atomic E-state index is 12.7. The molecule has 174 valence electrons. The molecule has 0 unspecified atom stereocenters. The predicted molar refractivity (Wildman–Crippen MR) is 131 cm³/mol. The number of amides is 1. The minimum Gasteiger partial charge on any atom is -0.336 e. The Morgan fingerprint density at radius 3 is 2.48 bits per heavy atom. The summed E-state index contributed by atoms with van der Waals surface area (Å²) >= 11 is 18.0. The predicted octanol–water partition coefficient (Wildman–Crippen LogP) is 5.03. The van der Waals surface area contributed by atoms with E-state index in [0.717, 1.165) is 0 Å². The Morgan fingerprint density at radius 1 is 1.06 bits per heavy atom. The molecule has 0 radical (unpaired) electrons. The Kier molecular flexibility index (Phi) is 7.96. The number of anilines is 5. The first-order valence-corrected chi connectivity index (χ1v) is 12.4. The Labute approximate surface area is 205 Å². The summed E-state index contributed by atoms with van der Waals surface area (Å²) < 4.78 is 25.3. The standard InChI is InChI=1S/C20H19Cl3N6O3S/c1-11(2)33(31,32)19-16(4-3-7-24-19)27-18-14(23)10-25-20(29-18)28-15-6-5-12(8-13(15)22)26-17(30)9-21/h3-8,10-11H,9H2,1-2H3,(H,26,30)(H2,25,27,28,29). The van der Waals surface area contributed by atoms with Crippen LogP contribution in [0.4, 0.5) is 28.8 Å². The van der Waals surface area contributed by atoms with Crippen LogP contribution in [0.5, 0.6) is 0 Å². The lowest BCUT2D eigenvalue weighted by molar-refractivity contribution is -0.113. The second-order valence-corrected chi connectivity index (χ2v) is 10.5. The smallest absolute Gasteiger partial charge is 0.239 e. The van der Waals surface area contributed by atoms with Crippen LogP contribution in [0.15, 0.2) is 47.8 Å². The van der Waals surface area contributed by atoms with E-state index in [2.05, 4.69) is 30.9 Å². The molecule has 0 aliphatic rings. The Hall–Kier alpha value is -2.66. The van der Waals surface area contributed by atoms with E-state index in [-0.39, 0.29) is 39.3 Å². The molecule has 13 heteroatoms. The highest BCUT2D eigenvalue weighted by molar-refractivity contribution is 7.92. The van der Waals surface area contributed by atoms with Crippen LogP contribution in [0.3, 0.4) is 0 Å². The fourth-order valence-electron chi connectivity index (χ4n) is 2.59. The number of hydrogen-bond donors (Lipinski definition) is 3. The Balaban J connectivity index is 1.87. The fourth-order valence-corrected chi connectivity index (χ4v) is 4.10. The number of halogens is 3. The van der Waals surface area contributed by atoms with E-state index in [1.807, 2.05) is 0 Å². The number of sulfone groups is 1. The van der Waals surface area contributed by atoms with Gasteiger partial charge in [-0.25, -0.2) is 18.4 Å². The summed E-state index contributed by atoms with van der Waals surface area (Å²) in [5, 5.41) is 8.17. The van der Waals surface area contributed by atoms with E-state index >= 15 is 0 Å².